The summed E-state index contributed by atoms with van der Waals surface area (Å²) in [7, 11) is -1.35. The van der Waals surface area contributed by atoms with Crippen molar-refractivity contribution in [3.8, 4) is 6.07 Å². The highest BCUT2D eigenvalue weighted by Gasteiger charge is 2.25. The highest BCUT2D eigenvalue weighted by Crippen LogP contribution is 2.26. The minimum Gasteiger partial charge on any atom is -0.258 e. The molecule has 0 amide bonds. The van der Waals surface area contributed by atoms with Gasteiger partial charge in [-0.05, 0) is 44.9 Å². The molecule has 0 bridgehead atoms. The second-order valence-corrected chi connectivity index (χ2v) is 8.87. The molecule has 0 aliphatic rings. The topological polar surface area (TPSA) is 96.0 Å². The van der Waals surface area contributed by atoms with Crippen LogP contribution < -0.4 is 4.72 Å². The van der Waals surface area contributed by atoms with Gasteiger partial charge in [0.05, 0.1) is 32.3 Å². The second-order valence-electron chi connectivity index (χ2n) is 6.88. The monoisotopic (exact) mass is 371 g/mol. The first-order valence-corrected chi connectivity index (χ1v) is 9.27. The number of nitro groups is 1. The molecule has 2 rings (SSSR count). The number of nitriles is 1. The van der Waals surface area contributed by atoms with Gasteiger partial charge in [0.2, 0.25) is 0 Å². The Balaban J connectivity index is 2.39. The van der Waals surface area contributed by atoms with E-state index in [0.29, 0.717) is 17.5 Å². The zero-order valence-electron chi connectivity index (χ0n) is 14.9. The largest absolute Gasteiger partial charge is 0.272 e. The summed E-state index contributed by atoms with van der Waals surface area (Å²) in [6.45, 7) is 5.57. The molecule has 0 aliphatic heterocycles. The van der Waals surface area contributed by atoms with Gasteiger partial charge >= 0.3 is 0 Å². The van der Waals surface area contributed by atoms with E-state index >= 15 is 0 Å². The lowest BCUT2D eigenvalue weighted by molar-refractivity contribution is -0.385. The summed E-state index contributed by atoms with van der Waals surface area (Å²) in [6, 6.07) is 15.2. The van der Waals surface area contributed by atoms with Crippen molar-refractivity contribution >= 4 is 16.7 Å². The van der Waals surface area contributed by atoms with Crippen LogP contribution >= 0.6 is 0 Å². The van der Waals surface area contributed by atoms with Crippen molar-refractivity contribution in [2.24, 2.45) is 0 Å². The maximum absolute atomic E-state index is 12.6. The smallest absolute Gasteiger partial charge is 0.258 e. The molecule has 7 heteroatoms. The molecule has 0 saturated heterocycles. The molecule has 2 aromatic carbocycles. The Morgan fingerprint density at radius 1 is 1.19 bits per heavy atom. The van der Waals surface area contributed by atoms with Gasteiger partial charge in [0.1, 0.15) is 0 Å². The van der Waals surface area contributed by atoms with Crippen molar-refractivity contribution in [2.45, 2.75) is 38.0 Å². The van der Waals surface area contributed by atoms with Crippen LogP contribution in [0, 0.1) is 21.4 Å². The van der Waals surface area contributed by atoms with Gasteiger partial charge in [-0.15, -0.1) is 0 Å². The summed E-state index contributed by atoms with van der Waals surface area (Å²) in [4.78, 5) is 10.9. The van der Waals surface area contributed by atoms with Crippen molar-refractivity contribution in [2.75, 3.05) is 0 Å². The molecule has 6 nitrogen and oxygen atoms in total. The van der Waals surface area contributed by atoms with E-state index in [1.54, 1.807) is 42.5 Å². The molecule has 0 saturated carbocycles. The lowest BCUT2D eigenvalue weighted by Crippen LogP contribution is -2.36. The standard InChI is InChI=1S/C19H21N3O3S/c1-19(2,3)26(25)21-17(15-10-8-14(13-20)9-11-15)12-16-6-4-5-7-18(16)22(23)24/h4-11,17,21H,12H2,1-3H3/t17-,26?/m1/s1. The number of hydrogen-bond donors (Lipinski definition) is 1. The van der Waals surface area contributed by atoms with Crippen LogP contribution in [0.15, 0.2) is 48.5 Å². The Kier molecular flexibility index (Phi) is 6.24. The first kappa shape index (κ1) is 19.8. The van der Waals surface area contributed by atoms with Crippen LogP contribution in [0.3, 0.4) is 0 Å². The van der Waals surface area contributed by atoms with Crippen molar-refractivity contribution in [1.29, 1.82) is 5.26 Å². The van der Waals surface area contributed by atoms with E-state index in [1.165, 1.54) is 6.07 Å². The van der Waals surface area contributed by atoms with Gasteiger partial charge in [-0.3, -0.25) is 10.1 Å². The van der Waals surface area contributed by atoms with E-state index in [9.17, 15) is 14.3 Å². The number of hydrogen-bond acceptors (Lipinski definition) is 4. The summed E-state index contributed by atoms with van der Waals surface area (Å²) < 4.78 is 15.2. The van der Waals surface area contributed by atoms with Gasteiger partial charge in [-0.25, -0.2) is 8.93 Å². The minimum absolute atomic E-state index is 0.0366. The fourth-order valence-electron chi connectivity index (χ4n) is 2.40. The first-order chi connectivity index (χ1) is 12.2. The molecule has 2 atom stereocenters. The van der Waals surface area contributed by atoms with Crippen LogP contribution in [0.1, 0.15) is 43.5 Å². The number of para-hydroxylation sites is 1. The van der Waals surface area contributed by atoms with Crippen LogP contribution in [0.4, 0.5) is 5.69 Å². The minimum atomic E-state index is -1.35. The molecule has 0 aliphatic carbocycles. The summed E-state index contributed by atoms with van der Waals surface area (Å²) in [5.41, 5.74) is 1.94. The lowest BCUT2D eigenvalue weighted by atomic mass is 9.98. The van der Waals surface area contributed by atoms with Crippen molar-refractivity contribution in [3.05, 3.63) is 75.3 Å². The normalized spacial score (nSPS) is 13.6. The van der Waals surface area contributed by atoms with Gasteiger partial charge in [0, 0.05) is 17.7 Å². The van der Waals surface area contributed by atoms with E-state index in [4.69, 9.17) is 5.26 Å². The highest BCUT2D eigenvalue weighted by atomic mass is 32.2. The molecule has 136 valence electrons. The van der Waals surface area contributed by atoms with E-state index in [1.807, 2.05) is 20.8 Å². The van der Waals surface area contributed by atoms with Crippen LogP contribution in [0.5, 0.6) is 0 Å². The third-order valence-electron chi connectivity index (χ3n) is 3.86. The van der Waals surface area contributed by atoms with Gasteiger partial charge in [-0.1, -0.05) is 30.3 Å². The van der Waals surface area contributed by atoms with E-state index in [0.717, 1.165) is 5.56 Å². The fraction of sp³-hybridized carbons (Fsp3) is 0.316. The van der Waals surface area contributed by atoms with Crippen LogP contribution in [-0.2, 0) is 17.4 Å². The van der Waals surface area contributed by atoms with E-state index < -0.39 is 20.7 Å². The maximum atomic E-state index is 12.6. The Hall–Kier alpha value is -2.56. The summed E-state index contributed by atoms with van der Waals surface area (Å²) in [5, 5.41) is 20.3. The number of nitrogens with one attached hydrogen (secondary N) is 1. The number of nitrogens with zero attached hydrogens (tertiary/aromatic N) is 2. The van der Waals surface area contributed by atoms with E-state index in [-0.39, 0.29) is 11.7 Å². The third kappa shape index (κ3) is 4.97. The quantitative estimate of drug-likeness (QED) is 0.617. The van der Waals surface area contributed by atoms with Crippen LogP contribution in [-0.4, -0.2) is 13.9 Å². The molecule has 2 aromatic rings. The van der Waals surface area contributed by atoms with Crippen molar-refractivity contribution in [3.63, 3.8) is 0 Å². The predicted molar refractivity (Wildman–Crippen MR) is 102 cm³/mol. The maximum Gasteiger partial charge on any atom is 0.272 e. The zero-order valence-corrected chi connectivity index (χ0v) is 15.7. The predicted octanol–water partition coefficient (Wildman–Crippen LogP) is 3.80. The van der Waals surface area contributed by atoms with Gasteiger partial charge in [0.25, 0.3) is 5.69 Å². The molecule has 0 radical (unpaired) electrons. The average Bonchev–Trinajstić information content (AvgIpc) is 2.60. The Labute approximate surface area is 155 Å². The van der Waals surface area contributed by atoms with Crippen LogP contribution in [0.25, 0.3) is 0 Å². The molecule has 26 heavy (non-hydrogen) atoms. The second kappa shape index (κ2) is 8.21. The first-order valence-electron chi connectivity index (χ1n) is 8.13. The van der Waals surface area contributed by atoms with Gasteiger partial charge in [0.15, 0.2) is 0 Å². The summed E-state index contributed by atoms with van der Waals surface area (Å²) in [6.07, 6.45) is 0.310. The average molecular weight is 371 g/mol. The summed E-state index contributed by atoms with van der Waals surface area (Å²) >= 11 is 0. The van der Waals surface area contributed by atoms with Crippen LogP contribution in [0.2, 0.25) is 0 Å². The third-order valence-corrected chi connectivity index (χ3v) is 5.47. The van der Waals surface area contributed by atoms with E-state index in [2.05, 4.69) is 10.8 Å². The van der Waals surface area contributed by atoms with Gasteiger partial charge in [-0.2, -0.15) is 5.26 Å². The molecular weight excluding hydrogens is 350 g/mol. The summed E-state index contributed by atoms with van der Waals surface area (Å²) in [5.74, 6) is 0. The molecule has 0 heterocycles. The number of nitro benzene ring substituents is 1. The molecule has 0 fully saturated rings. The molecule has 0 spiro atoms. The van der Waals surface area contributed by atoms with Gasteiger partial charge < -0.3 is 0 Å². The SMILES string of the molecule is CC(C)(C)S(=O)N[C@H](Cc1ccccc1[N+](=O)[O-])c1ccc(C#N)cc1. The van der Waals surface area contributed by atoms with Crippen molar-refractivity contribution < 1.29 is 9.13 Å². The number of rotatable bonds is 6. The van der Waals surface area contributed by atoms with Crippen molar-refractivity contribution in [1.82, 2.24) is 4.72 Å². The molecule has 1 N–H and O–H groups in total. The molecule has 0 aromatic heterocycles. The number of benzene rings is 2. The zero-order chi connectivity index (χ0) is 19.3. The molecular formula is C19H21N3O3S. The Bertz CT molecular complexity index is 852. The Morgan fingerprint density at radius 3 is 2.35 bits per heavy atom. The molecule has 1 unspecified atom stereocenters. The highest BCUT2D eigenvalue weighted by molar-refractivity contribution is 7.84. The Morgan fingerprint density at radius 2 is 1.81 bits per heavy atom. The lowest BCUT2D eigenvalue weighted by Gasteiger charge is -2.24. The fourth-order valence-corrected chi connectivity index (χ4v) is 3.24.